The highest BCUT2D eigenvalue weighted by Gasteiger charge is 2.45. The summed E-state index contributed by atoms with van der Waals surface area (Å²) in [5.41, 5.74) is 1.80. The highest BCUT2D eigenvalue weighted by Crippen LogP contribution is 2.35. The number of hydroxylamine groups is 2. The zero-order chi connectivity index (χ0) is 15.1. The molecule has 3 heterocycles. The molecule has 6 nitrogen and oxygen atoms in total. The van der Waals surface area contributed by atoms with Crippen molar-refractivity contribution in [2.75, 3.05) is 24.5 Å². The molecular formula is C16H17N5O. The third-order valence-electron chi connectivity index (χ3n) is 4.61. The van der Waals surface area contributed by atoms with Crippen molar-refractivity contribution in [3.63, 3.8) is 0 Å². The van der Waals surface area contributed by atoms with E-state index in [2.05, 4.69) is 26.9 Å². The van der Waals surface area contributed by atoms with E-state index in [9.17, 15) is 5.21 Å². The first-order valence-electron chi connectivity index (χ1n) is 7.49. The average Bonchev–Trinajstić information content (AvgIpc) is 3.16. The lowest BCUT2D eigenvalue weighted by molar-refractivity contribution is -0.0200. The van der Waals surface area contributed by atoms with Crippen molar-refractivity contribution in [2.24, 2.45) is 4.99 Å². The first-order chi connectivity index (χ1) is 10.8. The van der Waals surface area contributed by atoms with Crippen LogP contribution in [-0.2, 0) is 0 Å². The van der Waals surface area contributed by atoms with Gasteiger partial charge in [0.25, 0.3) is 0 Å². The van der Waals surface area contributed by atoms with E-state index in [1.807, 2.05) is 24.3 Å². The molecule has 2 fully saturated rings. The first kappa shape index (κ1) is 13.2. The van der Waals surface area contributed by atoms with Gasteiger partial charge in [0.2, 0.25) is 5.96 Å². The molecular weight excluding hydrogens is 278 g/mol. The molecule has 0 aromatic heterocycles. The van der Waals surface area contributed by atoms with Crippen molar-refractivity contribution in [3.8, 4) is 6.07 Å². The minimum atomic E-state index is 0.357. The van der Waals surface area contributed by atoms with Crippen LogP contribution in [-0.4, -0.2) is 52.8 Å². The van der Waals surface area contributed by atoms with Crippen LogP contribution in [0.25, 0.3) is 0 Å². The Hall–Kier alpha value is -2.52. The zero-order valence-electron chi connectivity index (χ0n) is 12.1. The van der Waals surface area contributed by atoms with Crippen LogP contribution in [0, 0.1) is 11.3 Å². The number of nitrogens with zero attached hydrogens (tertiary/aromatic N) is 5. The van der Waals surface area contributed by atoms with Crippen LogP contribution >= 0.6 is 0 Å². The van der Waals surface area contributed by atoms with Crippen molar-refractivity contribution in [1.82, 2.24) is 9.96 Å². The van der Waals surface area contributed by atoms with Crippen molar-refractivity contribution in [3.05, 3.63) is 42.1 Å². The lowest BCUT2D eigenvalue weighted by atomic mass is 10.2. The smallest absolute Gasteiger partial charge is 0.226 e. The number of guanidine groups is 1. The van der Waals surface area contributed by atoms with E-state index < -0.39 is 0 Å². The number of hydrogen-bond acceptors (Lipinski definition) is 6. The van der Waals surface area contributed by atoms with Gasteiger partial charge in [-0.1, -0.05) is 6.07 Å². The largest absolute Gasteiger partial charge is 0.365 e. The summed E-state index contributed by atoms with van der Waals surface area (Å²) >= 11 is 0. The Morgan fingerprint density at radius 2 is 2.05 bits per heavy atom. The molecule has 6 heteroatoms. The van der Waals surface area contributed by atoms with Gasteiger partial charge in [-0.25, -0.2) is 10.1 Å². The van der Waals surface area contributed by atoms with Gasteiger partial charge in [-0.3, -0.25) is 5.21 Å². The van der Waals surface area contributed by atoms with Gasteiger partial charge in [-0.2, -0.15) is 5.26 Å². The summed E-state index contributed by atoms with van der Waals surface area (Å²) in [7, 11) is 0. The summed E-state index contributed by atoms with van der Waals surface area (Å²) in [4.78, 5) is 8.87. The fourth-order valence-corrected chi connectivity index (χ4v) is 3.62. The van der Waals surface area contributed by atoms with Crippen molar-refractivity contribution in [1.29, 1.82) is 5.26 Å². The number of aliphatic imine (C=N–C) groups is 1. The number of hydrogen-bond donors (Lipinski definition) is 1. The van der Waals surface area contributed by atoms with Gasteiger partial charge in [0.05, 0.1) is 24.2 Å². The summed E-state index contributed by atoms with van der Waals surface area (Å²) < 4.78 is 0. The summed E-state index contributed by atoms with van der Waals surface area (Å²) in [6.45, 7) is 2.24. The molecule has 0 saturated carbocycles. The summed E-state index contributed by atoms with van der Waals surface area (Å²) in [6, 6.07) is 10.7. The molecule has 22 heavy (non-hydrogen) atoms. The van der Waals surface area contributed by atoms with E-state index in [1.54, 1.807) is 6.20 Å². The summed E-state index contributed by atoms with van der Waals surface area (Å²) in [6.07, 6.45) is 4.65. The second-order valence-corrected chi connectivity index (χ2v) is 5.91. The number of likely N-dealkylation sites (tertiary alicyclic amines) is 1. The third-order valence-corrected chi connectivity index (χ3v) is 4.61. The third kappa shape index (κ3) is 2.02. The predicted octanol–water partition coefficient (Wildman–Crippen LogP) is 1.40. The number of anilines is 1. The fraction of sp³-hybridized carbons (Fsp3) is 0.375. The van der Waals surface area contributed by atoms with Gasteiger partial charge in [-0.15, -0.1) is 0 Å². The van der Waals surface area contributed by atoms with Crippen LogP contribution in [0.5, 0.6) is 0 Å². The quantitative estimate of drug-likeness (QED) is 0.848. The van der Waals surface area contributed by atoms with Gasteiger partial charge in [0, 0.05) is 31.0 Å². The molecule has 0 spiro atoms. The van der Waals surface area contributed by atoms with Crippen molar-refractivity contribution in [2.45, 2.75) is 18.5 Å². The summed E-state index contributed by atoms with van der Waals surface area (Å²) in [5, 5.41) is 20.2. The second kappa shape index (κ2) is 5.04. The SMILES string of the molecule is N#Cc1cccc(N2CC3CC2CN3C2=NC=CCN2O)c1. The molecule has 2 atom stereocenters. The molecule has 1 aromatic carbocycles. The molecule has 112 valence electrons. The average molecular weight is 295 g/mol. The number of nitriles is 1. The van der Waals surface area contributed by atoms with Crippen LogP contribution < -0.4 is 4.90 Å². The van der Waals surface area contributed by atoms with E-state index in [0.717, 1.165) is 25.2 Å². The maximum absolute atomic E-state index is 9.97. The lowest BCUT2D eigenvalue weighted by Gasteiger charge is -2.39. The molecule has 0 amide bonds. The minimum Gasteiger partial charge on any atom is -0.365 e. The monoisotopic (exact) mass is 295 g/mol. The molecule has 4 rings (SSSR count). The Labute approximate surface area is 129 Å². The zero-order valence-corrected chi connectivity index (χ0v) is 12.1. The van der Waals surface area contributed by atoms with Gasteiger partial charge < -0.3 is 9.80 Å². The highest BCUT2D eigenvalue weighted by atomic mass is 16.5. The molecule has 2 bridgehead atoms. The summed E-state index contributed by atoms with van der Waals surface area (Å²) in [5.74, 6) is 0.653. The van der Waals surface area contributed by atoms with Crippen LogP contribution in [0.4, 0.5) is 5.69 Å². The Kier molecular flexibility index (Phi) is 3.01. The molecule has 2 saturated heterocycles. The predicted molar refractivity (Wildman–Crippen MR) is 82.5 cm³/mol. The van der Waals surface area contributed by atoms with Gasteiger partial charge in [0.1, 0.15) is 0 Å². The van der Waals surface area contributed by atoms with E-state index in [0.29, 0.717) is 30.2 Å². The van der Waals surface area contributed by atoms with Gasteiger partial charge >= 0.3 is 0 Å². The van der Waals surface area contributed by atoms with Gasteiger partial charge in [-0.05, 0) is 30.7 Å². The number of piperazine rings is 1. The molecule has 0 aliphatic carbocycles. The Morgan fingerprint density at radius 1 is 1.23 bits per heavy atom. The highest BCUT2D eigenvalue weighted by molar-refractivity contribution is 5.81. The molecule has 0 radical (unpaired) electrons. The van der Waals surface area contributed by atoms with Crippen LogP contribution in [0.3, 0.4) is 0 Å². The molecule has 1 aromatic rings. The van der Waals surface area contributed by atoms with E-state index in [-0.39, 0.29) is 0 Å². The number of rotatable bonds is 1. The Bertz CT molecular complexity index is 692. The van der Waals surface area contributed by atoms with Crippen LogP contribution in [0.1, 0.15) is 12.0 Å². The van der Waals surface area contributed by atoms with Gasteiger partial charge in [0.15, 0.2) is 0 Å². The van der Waals surface area contributed by atoms with E-state index in [4.69, 9.17) is 5.26 Å². The topological polar surface area (TPSA) is 66.1 Å². The standard InChI is InChI=1S/C16H17N5O/c17-9-12-3-1-4-13(7-12)19-10-15-8-14(19)11-20(15)16-18-5-2-6-21(16)22/h1-5,7,14-15,22H,6,8,10-11H2. The molecule has 1 N–H and O–H groups in total. The maximum Gasteiger partial charge on any atom is 0.226 e. The fourth-order valence-electron chi connectivity index (χ4n) is 3.62. The van der Waals surface area contributed by atoms with E-state index in [1.165, 1.54) is 5.06 Å². The Morgan fingerprint density at radius 3 is 2.77 bits per heavy atom. The minimum absolute atomic E-state index is 0.357. The lowest BCUT2D eigenvalue weighted by Crippen LogP contribution is -2.53. The van der Waals surface area contributed by atoms with E-state index >= 15 is 0 Å². The normalized spacial score (nSPS) is 26.4. The number of benzene rings is 1. The molecule has 3 aliphatic heterocycles. The second-order valence-electron chi connectivity index (χ2n) is 5.91. The van der Waals surface area contributed by atoms with Crippen LogP contribution in [0.2, 0.25) is 0 Å². The Balaban J connectivity index is 1.53. The number of fused-ring (bicyclic) bond motifs is 2. The first-order valence-corrected chi connectivity index (χ1v) is 7.49. The molecule has 3 aliphatic rings. The van der Waals surface area contributed by atoms with Crippen molar-refractivity contribution >= 4 is 11.6 Å². The van der Waals surface area contributed by atoms with Crippen molar-refractivity contribution < 1.29 is 5.21 Å². The maximum atomic E-state index is 9.97. The molecule has 2 unspecified atom stereocenters. The van der Waals surface area contributed by atoms with Crippen LogP contribution in [0.15, 0.2) is 41.5 Å².